The summed E-state index contributed by atoms with van der Waals surface area (Å²) in [5.74, 6) is -3.66. The lowest BCUT2D eigenvalue weighted by atomic mass is 9.48. The fraction of sp³-hybridized carbons (Fsp3) is 0.591. The minimum Gasteiger partial charge on any atom is -0.481 e. The summed E-state index contributed by atoms with van der Waals surface area (Å²) in [7, 11) is 1.48. The zero-order valence-corrected chi connectivity index (χ0v) is 18.7. The molecule has 1 aliphatic heterocycles. The van der Waals surface area contributed by atoms with Gasteiger partial charge in [-0.3, -0.25) is 9.59 Å². The van der Waals surface area contributed by atoms with Crippen molar-refractivity contribution in [3.63, 3.8) is 0 Å². The maximum absolute atomic E-state index is 12.9. The molecule has 0 radical (unpaired) electrons. The molecule has 164 valence electrons. The third kappa shape index (κ3) is 3.37. The molecule has 2 rings (SSSR count). The Balaban J connectivity index is 3.02. The molecule has 0 saturated carbocycles. The maximum atomic E-state index is 12.9. The number of methoxy groups -OCH3 is 1. The Morgan fingerprint density at radius 2 is 1.90 bits per heavy atom. The van der Waals surface area contributed by atoms with Gasteiger partial charge in [-0.2, -0.15) is 5.26 Å². The largest absolute Gasteiger partial charge is 0.481 e. The van der Waals surface area contributed by atoms with Crippen molar-refractivity contribution in [1.29, 1.82) is 5.26 Å². The van der Waals surface area contributed by atoms with Gasteiger partial charge in [-0.05, 0) is 37.8 Å². The molecule has 3 N–H and O–H groups in total. The molecule has 5 unspecified atom stereocenters. The number of nitrogens with zero attached hydrogens (tertiary/aromatic N) is 1. The number of carbonyl (C=O) groups is 2. The predicted molar refractivity (Wildman–Crippen MR) is 112 cm³/mol. The summed E-state index contributed by atoms with van der Waals surface area (Å²) < 4.78 is 5.22. The Labute approximate surface area is 182 Å². The first-order valence-electron chi connectivity index (χ1n) is 9.93. The summed E-state index contributed by atoms with van der Waals surface area (Å²) >= 11 is 6.58. The second-order valence-electron chi connectivity index (χ2n) is 8.34. The highest BCUT2D eigenvalue weighted by Crippen LogP contribution is 2.60. The molecule has 1 aliphatic rings. The van der Waals surface area contributed by atoms with Gasteiger partial charge in [0, 0.05) is 31.7 Å². The van der Waals surface area contributed by atoms with Crippen molar-refractivity contribution >= 4 is 23.5 Å². The summed E-state index contributed by atoms with van der Waals surface area (Å²) in [6.45, 7) is 7.20. The highest BCUT2D eigenvalue weighted by atomic mass is 35.5. The minimum absolute atomic E-state index is 0.0826. The van der Waals surface area contributed by atoms with Gasteiger partial charge in [0.25, 0.3) is 0 Å². The van der Waals surface area contributed by atoms with E-state index in [-0.39, 0.29) is 23.6 Å². The van der Waals surface area contributed by atoms with Crippen molar-refractivity contribution in [2.45, 2.75) is 52.1 Å². The second-order valence-corrected chi connectivity index (χ2v) is 8.72. The van der Waals surface area contributed by atoms with Crippen LogP contribution in [0.15, 0.2) is 18.2 Å². The Hall–Kier alpha value is -2.14. The quantitative estimate of drug-likeness (QED) is 0.598. The van der Waals surface area contributed by atoms with Gasteiger partial charge in [-0.15, -0.1) is 0 Å². The van der Waals surface area contributed by atoms with Crippen LogP contribution < -0.4 is 5.32 Å². The van der Waals surface area contributed by atoms with E-state index in [1.807, 2.05) is 6.07 Å². The first kappa shape index (κ1) is 24.1. The van der Waals surface area contributed by atoms with E-state index in [4.69, 9.17) is 16.3 Å². The van der Waals surface area contributed by atoms with E-state index < -0.39 is 46.7 Å². The third-order valence-electron chi connectivity index (χ3n) is 6.89. The van der Waals surface area contributed by atoms with Crippen LogP contribution in [0, 0.1) is 28.1 Å². The van der Waals surface area contributed by atoms with Crippen LogP contribution in [-0.4, -0.2) is 48.0 Å². The van der Waals surface area contributed by atoms with Gasteiger partial charge in [0.15, 0.2) is 0 Å². The van der Waals surface area contributed by atoms with Crippen LogP contribution in [0.5, 0.6) is 0 Å². The van der Waals surface area contributed by atoms with Gasteiger partial charge in [-0.1, -0.05) is 37.6 Å². The molecule has 0 aromatic heterocycles. The molecule has 1 fully saturated rings. The van der Waals surface area contributed by atoms with Crippen molar-refractivity contribution in [3.8, 4) is 6.07 Å². The first-order chi connectivity index (χ1) is 14.0. The topological polar surface area (TPSA) is 120 Å². The number of hydrogen-bond acceptors (Lipinski definition) is 5. The van der Waals surface area contributed by atoms with Crippen LogP contribution in [-0.2, 0) is 14.3 Å². The Bertz CT molecular complexity index is 868. The molecule has 0 aliphatic carbocycles. The number of ether oxygens (including phenoxy) is 1. The molecule has 1 heterocycles. The van der Waals surface area contributed by atoms with Crippen LogP contribution in [0.4, 0.5) is 0 Å². The van der Waals surface area contributed by atoms with E-state index in [2.05, 4.69) is 5.32 Å². The average Bonchev–Trinajstić information content (AvgIpc) is 2.66. The lowest BCUT2D eigenvalue weighted by molar-refractivity contribution is -0.179. The van der Waals surface area contributed by atoms with E-state index in [9.17, 15) is 25.1 Å². The number of piperidine rings is 1. The van der Waals surface area contributed by atoms with Crippen molar-refractivity contribution in [1.82, 2.24) is 5.32 Å². The van der Waals surface area contributed by atoms with E-state index in [1.165, 1.54) is 13.2 Å². The van der Waals surface area contributed by atoms with Crippen LogP contribution in [0.1, 0.15) is 51.2 Å². The van der Waals surface area contributed by atoms with Crippen molar-refractivity contribution in [3.05, 3.63) is 34.3 Å². The van der Waals surface area contributed by atoms with Gasteiger partial charge in [0.05, 0.1) is 21.4 Å². The first-order valence-corrected chi connectivity index (χ1v) is 10.3. The van der Waals surface area contributed by atoms with Crippen LogP contribution in [0.25, 0.3) is 0 Å². The lowest BCUT2D eigenvalue weighted by Gasteiger charge is -2.59. The summed E-state index contributed by atoms with van der Waals surface area (Å²) in [5.41, 5.74) is -2.47. The monoisotopic (exact) mass is 436 g/mol. The maximum Gasteiger partial charge on any atom is 0.312 e. The van der Waals surface area contributed by atoms with Crippen LogP contribution in [0.2, 0.25) is 5.02 Å². The normalized spacial score (nSPS) is 31.3. The number of carboxylic acids is 2. The second kappa shape index (κ2) is 8.93. The van der Waals surface area contributed by atoms with Crippen molar-refractivity contribution in [2.75, 3.05) is 13.7 Å². The molecule has 7 nitrogen and oxygen atoms in total. The molecule has 8 heteroatoms. The molecule has 1 aromatic rings. The Morgan fingerprint density at radius 3 is 2.37 bits per heavy atom. The number of hydrogen-bond donors (Lipinski definition) is 3. The summed E-state index contributed by atoms with van der Waals surface area (Å²) in [6.07, 6.45) is 0.0826. The number of carboxylic acid groups (broad SMARTS) is 2. The van der Waals surface area contributed by atoms with Crippen molar-refractivity contribution in [2.24, 2.45) is 16.7 Å². The fourth-order valence-corrected chi connectivity index (χ4v) is 5.70. The van der Waals surface area contributed by atoms with E-state index in [0.717, 1.165) is 0 Å². The molecule has 5 atom stereocenters. The van der Waals surface area contributed by atoms with E-state index in [0.29, 0.717) is 5.56 Å². The summed E-state index contributed by atoms with van der Waals surface area (Å²) in [5, 5.41) is 33.9. The number of rotatable bonds is 7. The molecule has 1 saturated heterocycles. The Morgan fingerprint density at radius 1 is 1.27 bits per heavy atom. The SMILES string of the molecule is COCCC1(C(=O)O)C(C)NC(C)C(C(=O)O)(C(C)C)C1c1cccc(C#N)c1Cl. The average molecular weight is 437 g/mol. The highest BCUT2D eigenvalue weighted by Gasteiger charge is 2.68. The lowest BCUT2D eigenvalue weighted by Crippen LogP contribution is -2.71. The number of aliphatic carboxylic acids is 2. The zero-order valence-electron chi connectivity index (χ0n) is 17.9. The minimum atomic E-state index is -1.52. The van der Waals surface area contributed by atoms with E-state index >= 15 is 0 Å². The standard InChI is InChI=1S/C22H29ClN2O5/c1-12(2)22(20(28)29)14(4)25-13(3)21(19(26)27,9-10-30-5)18(22)16-8-6-7-15(11-24)17(16)23/h6-8,12-14,18,25H,9-10H2,1-5H3,(H,26,27)(H,28,29). The van der Waals surface area contributed by atoms with E-state index in [1.54, 1.807) is 39.8 Å². The number of halogens is 1. The van der Waals surface area contributed by atoms with Gasteiger partial charge in [0.2, 0.25) is 0 Å². The number of benzene rings is 1. The van der Waals surface area contributed by atoms with Gasteiger partial charge >= 0.3 is 11.9 Å². The van der Waals surface area contributed by atoms with Crippen LogP contribution >= 0.6 is 11.6 Å². The summed E-state index contributed by atoms with van der Waals surface area (Å²) in [6, 6.07) is 5.69. The third-order valence-corrected chi connectivity index (χ3v) is 7.31. The van der Waals surface area contributed by atoms with Gasteiger partial charge in [0.1, 0.15) is 6.07 Å². The predicted octanol–water partition coefficient (Wildman–Crippen LogP) is 3.51. The van der Waals surface area contributed by atoms with Crippen LogP contribution in [0.3, 0.4) is 0 Å². The molecule has 1 aromatic carbocycles. The molecular weight excluding hydrogens is 408 g/mol. The number of nitriles is 1. The van der Waals surface area contributed by atoms with Gasteiger partial charge in [-0.25, -0.2) is 0 Å². The molecular formula is C22H29ClN2O5. The molecule has 30 heavy (non-hydrogen) atoms. The molecule has 0 amide bonds. The Kier molecular flexibility index (Phi) is 7.18. The summed E-state index contributed by atoms with van der Waals surface area (Å²) in [4.78, 5) is 25.8. The highest BCUT2D eigenvalue weighted by molar-refractivity contribution is 6.32. The number of nitrogens with one attached hydrogen (secondary N) is 1. The van der Waals surface area contributed by atoms with Gasteiger partial charge < -0.3 is 20.3 Å². The van der Waals surface area contributed by atoms with Crippen molar-refractivity contribution < 1.29 is 24.5 Å². The molecule has 0 bridgehead atoms. The fourth-order valence-electron chi connectivity index (χ4n) is 5.42. The zero-order chi connectivity index (χ0) is 22.9. The molecule has 0 spiro atoms. The smallest absolute Gasteiger partial charge is 0.312 e.